The van der Waals surface area contributed by atoms with E-state index in [1.165, 1.54) is 6.07 Å². The molecule has 0 spiro atoms. The van der Waals surface area contributed by atoms with Gasteiger partial charge in [0.25, 0.3) is 11.8 Å². The molecule has 0 aromatic heterocycles. The highest BCUT2D eigenvalue weighted by Crippen LogP contribution is 2.44. The number of aliphatic hydroxyl groups is 1. The summed E-state index contributed by atoms with van der Waals surface area (Å²) in [6.45, 7) is 3.23. The summed E-state index contributed by atoms with van der Waals surface area (Å²) < 4.78 is 20.7. The van der Waals surface area contributed by atoms with Crippen LogP contribution in [-0.4, -0.2) is 80.3 Å². The number of ether oxygens (including phenoxy) is 1. The summed E-state index contributed by atoms with van der Waals surface area (Å²) in [5, 5.41) is 14.2. The van der Waals surface area contributed by atoms with Crippen molar-refractivity contribution in [2.24, 2.45) is 0 Å². The van der Waals surface area contributed by atoms with Crippen LogP contribution in [0, 0.1) is 5.82 Å². The van der Waals surface area contributed by atoms with Crippen LogP contribution < -0.4 is 10.6 Å². The van der Waals surface area contributed by atoms with Gasteiger partial charge in [-0.15, -0.1) is 0 Å². The second-order valence-corrected chi connectivity index (χ2v) is 9.52. The summed E-state index contributed by atoms with van der Waals surface area (Å²) in [5.74, 6) is -2.73. The molecule has 4 radical (unpaired) electrons. The van der Waals surface area contributed by atoms with E-state index in [4.69, 9.17) is 20.4 Å². The Bertz CT molecular complexity index is 1270. The number of nitrogens with one attached hydrogen (secondary N) is 2. The molecule has 2 aromatic carbocycles. The summed E-state index contributed by atoms with van der Waals surface area (Å²) in [4.78, 5) is 40.3. The zero-order chi connectivity index (χ0) is 26.4. The lowest BCUT2D eigenvalue weighted by Gasteiger charge is -2.46. The van der Waals surface area contributed by atoms with Crippen molar-refractivity contribution in [2.45, 2.75) is 37.0 Å². The number of carbonyl (C=O) groups excluding carboxylic acids is 3. The first-order valence-corrected chi connectivity index (χ1v) is 12.1. The van der Waals surface area contributed by atoms with E-state index in [2.05, 4.69) is 10.2 Å². The van der Waals surface area contributed by atoms with E-state index in [0.29, 0.717) is 41.5 Å². The van der Waals surface area contributed by atoms with Crippen LogP contribution in [0.1, 0.15) is 39.9 Å². The lowest BCUT2D eigenvalue weighted by molar-refractivity contribution is -0.170. The fourth-order valence-corrected chi connectivity index (χ4v) is 5.17. The van der Waals surface area contributed by atoms with Gasteiger partial charge in [-0.05, 0) is 23.0 Å². The number of anilines is 1. The average Bonchev–Trinajstić information content (AvgIpc) is 3.09. The molecule has 2 saturated heterocycles. The molecule has 37 heavy (non-hydrogen) atoms. The molecule has 3 aliphatic heterocycles. The van der Waals surface area contributed by atoms with E-state index in [1.807, 2.05) is 5.32 Å². The summed E-state index contributed by atoms with van der Waals surface area (Å²) in [6, 6.07) is 9.90. The Balaban J connectivity index is 1.40. The van der Waals surface area contributed by atoms with Crippen molar-refractivity contribution < 1.29 is 28.6 Å². The maximum atomic E-state index is 15.3. The van der Waals surface area contributed by atoms with Crippen molar-refractivity contribution in [1.82, 2.24) is 15.1 Å². The molecular weight excluding hydrogens is 477 g/mol. The van der Waals surface area contributed by atoms with Crippen molar-refractivity contribution in [3.8, 4) is 0 Å². The largest absolute Gasteiger partial charge is 0.381 e. The maximum absolute atomic E-state index is 15.3. The first-order chi connectivity index (χ1) is 17.6. The number of nitrogens with zero attached hydrogens (tertiary/aromatic N) is 2. The van der Waals surface area contributed by atoms with Gasteiger partial charge in [0, 0.05) is 61.4 Å². The molecule has 188 valence electrons. The van der Waals surface area contributed by atoms with Gasteiger partial charge in [-0.25, -0.2) is 4.39 Å². The quantitative estimate of drug-likeness (QED) is 0.385. The van der Waals surface area contributed by atoms with Gasteiger partial charge in [-0.2, -0.15) is 0 Å². The average molecular weight is 502 g/mol. The summed E-state index contributed by atoms with van der Waals surface area (Å²) in [5.41, 5.74) is -0.837. The van der Waals surface area contributed by atoms with Crippen LogP contribution in [0.25, 0.3) is 0 Å². The summed E-state index contributed by atoms with van der Waals surface area (Å²) in [6.07, 6.45) is -0.541. The number of carbonyl (C=O) groups is 3. The van der Waals surface area contributed by atoms with Crippen LogP contribution in [0.4, 0.5) is 10.1 Å². The molecule has 5 rings (SSSR count). The molecule has 9 nitrogen and oxygen atoms in total. The number of benzene rings is 2. The van der Waals surface area contributed by atoms with Gasteiger partial charge in [0.05, 0.1) is 28.9 Å². The molecule has 1 atom stereocenters. The molecule has 1 unspecified atom stereocenters. The number of amides is 3. The normalized spacial score (nSPS) is 23.6. The maximum Gasteiger partial charge on any atom is 0.279 e. The van der Waals surface area contributed by atoms with E-state index in [-0.39, 0.29) is 36.3 Å². The number of piperidine rings is 1. The Morgan fingerprint density at radius 2 is 1.78 bits per heavy atom. The lowest BCUT2D eigenvalue weighted by Crippen LogP contribution is -2.68. The molecule has 3 heterocycles. The van der Waals surface area contributed by atoms with Gasteiger partial charge in [-0.1, -0.05) is 24.3 Å². The molecule has 2 fully saturated rings. The number of imide groups is 1. The predicted molar refractivity (Wildman–Crippen MR) is 133 cm³/mol. The van der Waals surface area contributed by atoms with Gasteiger partial charge in [0.1, 0.15) is 5.82 Å². The SMILES string of the molecule is [B]C1([B])c2c(NCc3cccc(CN4CCOCC4)c3F)cccc2C(=O)N1C1(O)CCC(=O)NC1=O. The van der Waals surface area contributed by atoms with Crippen molar-refractivity contribution >= 4 is 39.1 Å². The summed E-state index contributed by atoms with van der Waals surface area (Å²) in [7, 11) is 12.8. The van der Waals surface area contributed by atoms with Crippen molar-refractivity contribution in [3.63, 3.8) is 0 Å². The topological polar surface area (TPSA) is 111 Å². The van der Waals surface area contributed by atoms with E-state index in [1.54, 1.807) is 30.3 Å². The third kappa shape index (κ3) is 4.43. The van der Waals surface area contributed by atoms with Gasteiger partial charge in [0.2, 0.25) is 11.6 Å². The number of hydrogen-bond acceptors (Lipinski definition) is 7. The van der Waals surface area contributed by atoms with Crippen molar-refractivity contribution in [1.29, 1.82) is 0 Å². The van der Waals surface area contributed by atoms with Crippen molar-refractivity contribution in [3.05, 3.63) is 64.5 Å². The Morgan fingerprint density at radius 3 is 2.51 bits per heavy atom. The van der Waals surface area contributed by atoms with Gasteiger partial charge in [0.15, 0.2) is 0 Å². The Hall–Kier alpha value is -3.21. The number of rotatable bonds is 6. The molecule has 12 heteroatoms. The first kappa shape index (κ1) is 25.4. The number of fused-ring (bicyclic) bond motifs is 1. The van der Waals surface area contributed by atoms with Crippen LogP contribution in [0.3, 0.4) is 0 Å². The zero-order valence-corrected chi connectivity index (χ0v) is 20.1. The van der Waals surface area contributed by atoms with Gasteiger partial charge >= 0.3 is 0 Å². The third-order valence-corrected chi connectivity index (χ3v) is 7.08. The van der Waals surface area contributed by atoms with E-state index in [0.717, 1.165) is 13.1 Å². The Kier molecular flexibility index (Phi) is 6.59. The van der Waals surface area contributed by atoms with Crippen LogP contribution >= 0.6 is 0 Å². The van der Waals surface area contributed by atoms with Crippen LogP contribution in [0.15, 0.2) is 36.4 Å². The molecule has 0 bridgehead atoms. The standard InChI is InChI=1S/C25H25B2FN4O5/c26-25(27)20-17(22(34)32(25)24(36)8-7-19(33)30-23(24)35)5-2-6-18(20)29-13-15-3-1-4-16(21(15)28)14-31-9-11-37-12-10-31/h1-6,29,36H,7-14H2,(H,30,33,35). The van der Waals surface area contributed by atoms with Gasteiger partial charge < -0.3 is 20.1 Å². The molecular formula is C25H25B2FN4O5. The molecule has 3 aliphatic rings. The number of hydrogen-bond donors (Lipinski definition) is 3. The Morgan fingerprint density at radius 1 is 1.08 bits per heavy atom. The fourth-order valence-electron chi connectivity index (χ4n) is 5.17. The first-order valence-electron chi connectivity index (χ1n) is 12.1. The second-order valence-electron chi connectivity index (χ2n) is 9.52. The second kappa shape index (κ2) is 9.59. The number of halogens is 1. The minimum absolute atomic E-state index is 0.0722. The smallest absolute Gasteiger partial charge is 0.279 e. The molecule has 2 aromatic rings. The van der Waals surface area contributed by atoms with Gasteiger partial charge in [-0.3, -0.25) is 24.6 Å². The minimum atomic E-state index is -2.41. The number of morpholine rings is 1. The van der Waals surface area contributed by atoms with E-state index < -0.39 is 28.8 Å². The zero-order valence-electron chi connectivity index (χ0n) is 20.1. The highest BCUT2D eigenvalue weighted by atomic mass is 19.1. The van der Waals surface area contributed by atoms with Crippen molar-refractivity contribution in [2.75, 3.05) is 31.6 Å². The third-order valence-electron chi connectivity index (χ3n) is 7.08. The highest BCUT2D eigenvalue weighted by Gasteiger charge is 2.57. The lowest BCUT2D eigenvalue weighted by atomic mass is 9.57. The molecule has 3 amide bonds. The monoisotopic (exact) mass is 502 g/mol. The van der Waals surface area contributed by atoms with E-state index >= 15 is 4.39 Å². The predicted octanol–water partition coefficient (Wildman–Crippen LogP) is 0.298. The summed E-state index contributed by atoms with van der Waals surface area (Å²) >= 11 is 0. The molecule has 0 aliphatic carbocycles. The van der Waals surface area contributed by atoms with Crippen LogP contribution in [0.5, 0.6) is 0 Å². The minimum Gasteiger partial charge on any atom is -0.381 e. The van der Waals surface area contributed by atoms with E-state index in [9.17, 15) is 19.5 Å². The highest BCUT2D eigenvalue weighted by molar-refractivity contribution is 6.43. The van der Waals surface area contributed by atoms with Crippen LogP contribution in [0.2, 0.25) is 0 Å². The Labute approximate surface area is 216 Å². The molecule has 0 saturated carbocycles. The fraction of sp³-hybridized carbons (Fsp3) is 0.400. The van der Waals surface area contributed by atoms with Crippen LogP contribution in [-0.2, 0) is 32.8 Å². The molecule has 3 N–H and O–H groups in total.